The highest BCUT2D eigenvalue weighted by molar-refractivity contribution is 6.71. The number of hydrogen-bond donors (Lipinski definition) is 2. The van der Waals surface area contributed by atoms with Crippen molar-refractivity contribution in [3.63, 3.8) is 0 Å². The molecule has 1 spiro atoms. The average molecular weight is 578 g/mol. The fourth-order valence-electron chi connectivity index (χ4n) is 7.59. The van der Waals surface area contributed by atoms with Gasteiger partial charge in [-0.1, -0.05) is 19.1 Å². The SMILES string of the molecule is C[C@H]1[C@H]([Si](C)(C)O)[C@@H](CCO)O[C@]12C(=O)N(Cc1ccc(N3CCCC3=O)cc1)c1ccc(N3CCCC3=O)cc12. The molecule has 0 aliphatic carbocycles. The van der Waals surface area contributed by atoms with Crippen molar-refractivity contribution in [2.45, 2.75) is 75.9 Å². The van der Waals surface area contributed by atoms with E-state index in [1.165, 1.54) is 0 Å². The second kappa shape index (κ2) is 10.3. The van der Waals surface area contributed by atoms with Gasteiger partial charge in [0.25, 0.3) is 5.91 Å². The second-order valence-electron chi connectivity index (χ2n) is 12.4. The number of ether oxygens (including phenoxy) is 1. The number of aliphatic hydroxyl groups is 1. The van der Waals surface area contributed by atoms with E-state index in [9.17, 15) is 24.3 Å². The number of rotatable bonds is 7. The summed E-state index contributed by atoms with van der Waals surface area (Å²) < 4.78 is 6.73. The number of aliphatic hydroxyl groups excluding tert-OH is 1. The minimum atomic E-state index is -2.81. The first kappa shape index (κ1) is 28.1. The fraction of sp³-hybridized carbons (Fsp3) is 0.516. The zero-order valence-electron chi connectivity index (χ0n) is 24.0. The van der Waals surface area contributed by atoms with Crippen molar-refractivity contribution in [3.8, 4) is 0 Å². The molecule has 0 radical (unpaired) electrons. The van der Waals surface area contributed by atoms with Gasteiger partial charge in [-0.15, -0.1) is 0 Å². The van der Waals surface area contributed by atoms with Gasteiger partial charge in [0.2, 0.25) is 11.8 Å². The highest BCUT2D eigenvalue weighted by Crippen LogP contribution is 2.60. The monoisotopic (exact) mass is 577 g/mol. The highest BCUT2D eigenvalue weighted by atomic mass is 28.4. The summed E-state index contributed by atoms with van der Waals surface area (Å²) in [6.07, 6.45) is 2.59. The summed E-state index contributed by atoms with van der Waals surface area (Å²) in [6.45, 7) is 7.28. The Labute approximate surface area is 241 Å². The fourth-order valence-corrected chi connectivity index (χ4v) is 10.2. The number of nitrogens with zero attached hydrogens (tertiary/aromatic N) is 3. The van der Waals surface area contributed by atoms with Gasteiger partial charge in [-0.2, -0.15) is 0 Å². The molecule has 10 heteroatoms. The Hall–Kier alpha value is -3.05. The van der Waals surface area contributed by atoms with Crippen molar-refractivity contribution >= 4 is 43.1 Å². The number of carbonyl (C=O) groups excluding carboxylic acids is 3. The lowest BCUT2D eigenvalue weighted by Gasteiger charge is -2.32. The molecule has 6 rings (SSSR count). The molecule has 3 amide bonds. The van der Waals surface area contributed by atoms with E-state index < -0.39 is 20.0 Å². The average Bonchev–Trinajstić information content (AvgIpc) is 3.68. The van der Waals surface area contributed by atoms with E-state index in [0.717, 1.165) is 47.6 Å². The van der Waals surface area contributed by atoms with Crippen molar-refractivity contribution in [1.29, 1.82) is 0 Å². The van der Waals surface area contributed by atoms with Gasteiger partial charge in [-0.05, 0) is 68.3 Å². The van der Waals surface area contributed by atoms with E-state index in [4.69, 9.17) is 4.74 Å². The Bertz CT molecular complexity index is 1370. The number of anilines is 3. The number of carbonyl (C=O) groups is 3. The third-order valence-electron chi connectivity index (χ3n) is 9.43. The molecule has 9 nitrogen and oxygen atoms in total. The summed E-state index contributed by atoms with van der Waals surface area (Å²) in [5, 5.41) is 9.86. The van der Waals surface area contributed by atoms with Crippen molar-refractivity contribution in [1.82, 2.24) is 0 Å². The van der Waals surface area contributed by atoms with Crippen molar-refractivity contribution in [2.75, 3.05) is 34.4 Å². The first-order chi connectivity index (χ1) is 19.6. The van der Waals surface area contributed by atoms with E-state index >= 15 is 0 Å². The first-order valence-electron chi connectivity index (χ1n) is 14.7. The highest BCUT2D eigenvalue weighted by Gasteiger charge is 2.66. The normalized spacial score (nSPS) is 28.1. The molecule has 41 heavy (non-hydrogen) atoms. The van der Waals surface area contributed by atoms with Crippen LogP contribution in [-0.4, -0.2) is 61.7 Å². The molecule has 4 heterocycles. The van der Waals surface area contributed by atoms with Gasteiger partial charge in [-0.25, -0.2) is 0 Å². The largest absolute Gasteiger partial charge is 0.432 e. The van der Waals surface area contributed by atoms with Crippen molar-refractivity contribution < 1.29 is 29.0 Å². The maximum atomic E-state index is 14.6. The van der Waals surface area contributed by atoms with Crippen LogP contribution in [0.4, 0.5) is 17.1 Å². The summed E-state index contributed by atoms with van der Waals surface area (Å²) in [4.78, 5) is 56.1. The lowest BCUT2D eigenvalue weighted by atomic mass is 9.82. The molecule has 2 N–H and O–H groups in total. The Kier molecular flexibility index (Phi) is 7.08. The number of fused-ring (bicyclic) bond motifs is 2. The summed E-state index contributed by atoms with van der Waals surface area (Å²) in [5.74, 6) is -0.329. The molecule has 218 valence electrons. The molecule has 3 fully saturated rings. The Balaban J connectivity index is 1.40. The standard InChI is InChI=1S/C31H39N3O6Si/c1-20-29(41(2,3)39)26(14-17-35)40-31(20)24-18-23(33-16-5-7-28(33)37)12-13-25(24)34(30(31)38)19-21-8-10-22(11-9-21)32-15-4-6-27(32)36/h8-13,18,20,26,29,35,39H,4-7,14-17,19H2,1-3H3/t20-,26+,29-,31+/m0/s1. The van der Waals surface area contributed by atoms with Gasteiger partial charge >= 0.3 is 0 Å². The molecular formula is C31H39N3O6Si. The number of amides is 3. The molecule has 2 aromatic carbocycles. The van der Waals surface area contributed by atoms with E-state index in [0.29, 0.717) is 32.4 Å². The molecule has 0 bridgehead atoms. The predicted octanol–water partition coefficient (Wildman–Crippen LogP) is 3.67. The molecule has 0 unspecified atom stereocenters. The Morgan fingerprint density at radius 2 is 1.56 bits per heavy atom. The molecular weight excluding hydrogens is 538 g/mol. The number of hydrogen-bond acceptors (Lipinski definition) is 6. The minimum absolute atomic E-state index is 0.0667. The summed E-state index contributed by atoms with van der Waals surface area (Å²) in [5.41, 5.74) is 2.39. The lowest BCUT2D eigenvalue weighted by molar-refractivity contribution is -0.146. The van der Waals surface area contributed by atoms with Crippen LogP contribution < -0.4 is 14.7 Å². The van der Waals surface area contributed by atoms with Gasteiger partial charge in [-0.3, -0.25) is 14.4 Å². The molecule has 4 aliphatic rings. The molecule has 3 saturated heterocycles. The van der Waals surface area contributed by atoms with Crippen LogP contribution in [0.3, 0.4) is 0 Å². The van der Waals surface area contributed by atoms with Gasteiger partial charge in [0.15, 0.2) is 13.9 Å². The first-order valence-corrected chi connectivity index (χ1v) is 17.8. The third-order valence-corrected chi connectivity index (χ3v) is 11.9. The van der Waals surface area contributed by atoms with Gasteiger partial charge in [0, 0.05) is 60.9 Å². The predicted molar refractivity (Wildman–Crippen MR) is 158 cm³/mol. The van der Waals surface area contributed by atoms with Crippen LogP contribution in [0.15, 0.2) is 42.5 Å². The van der Waals surface area contributed by atoms with Crippen LogP contribution in [0, 0.1) is 5.92 Å². The van der Waals surface area contributed by atoms with E-state index in [2.05, 4.69) is 0 Å². The maximum Gasteiger partial charge on any atom is 0.264 e. The Morgan fingerprint density at radius 3 is 2.12 bits per heavy atom. The van der Waals surface area contributed by atoms with Crippen LogP contribution in [-0.2, 0) is 31.3 Å². The second-order valence-corrected chi connectivity index (χ2v) is 16.4. The zero-order valence-corrected chi connectivity index (χ0v) is 25.0. The van der Waals surface area contributed by atoms with Crippen molar-refractivity contribution in [2.24, 2.45) is 5.92 Å². The summed E-state index contributed by atoms with van der Waals surface area (Å²) >= 11 is 0. The molecule has 0 aromatic heterocycles. The van der Waals surface area contributed by atoms with E-state index in [-0.39, 0.29) is 35.8 Å². The minimum Gasteiger partial charge on any atom is -0.432 e. The van der Waals surface area contributed by atoms with Crippen LogP contribution in [0.25, 0.3) is 0 Å². The van der Waals surface area contributed by atoms with Crippen molar-refractivity contribution in [3.05, 3.63) is 53.6 Å². The Morgan fingerprint density at radius 1 is 0.951 bits per heavy atom. The van der Waals surface area contributed by atoms with Crippen LogP contribution in [0.1, 0.15) is 50.2 Å². The number of benzene rings is 2. The molecule has 2 aromatic rings. The maximum absolute atomic E-state index is 14.6. The van der Waals surface area contributed by atoms with Crippen LogP contribution >= 0.6 is 0 Å². The van der Waals surface area contributed by atoms with E-state index in [1.54, 1.807) is 14.7 Å². The summed E-state index contributed by atoms with van der Waals surface area (Å²) in [7, 11) is -2.81. The van der Waals surface area contributed by atoms with E-state index in [1.807, 2.05) is 62.5 Å². The van der Waals surface area contributed by atoms with Crippen LogP contribution in [0.5, 0.6) is 0 Å². The quantitative estimate of drug-likeness (QED) is 0.486. The smallest absolute Gasteiger partial charge is 0.264 e. The lowest BCUT2D eigenvalue weighted by Crippen LogP contribution is -2.46. The van der Waals surface area contributed by atoms with Gasteiger partial charge in [0.05, 0.1) is 18.3 Å². The molecule has 4 aliphatic heterocycles. The molecule has 0 saturated carbocycles. The third kappa shape index (κ3) is 4.52. The van der Waals surface area contributed by atoms with Gasteiger partial charge < -0.3 is 29.3 Å². The van der Waals surface area contributed by atoms with Crippen LogP contribution in [0.2, 0.25) is 18.6 Å². The van der Waals surface area contributed by atoms with Gasteiger partial charge in [0.1, 0.15) is 0 Å². The molecule has 4 atom stereocenters. The zero-order chi connectivity index (χ0) is 29.1. The topological polar surface area (TPSA) is 111 Å². The summed E-state index contributed by atoms with van der Waals surface area (Å²) in [6, 6.07) is 13.5.